The lowest BCUT2D eigenvalue weighted by Crippen LogP contribution is -2.49. The molecule has 0 aromatic heterocycles. The molecule has 1 aliphatic heterocycles. The Labute approximate surface area is 173 Å². The highest BCUT2D eigenvalue weighted by atomic mass is 32.2. The van der Waals surface area contributed by atoms with Crippen LogP contribution < -0.4 is 0 Å². The van der Waals surface area contributed by atoms with Gasteiger partial charge in [0.25, 0.3) is 0 Å². The van der Waals surface area contributed by atoms with Crippen LogP contribution in [0.25, 0.3) is 0 Å². The largest absolute Gasteiger partial charge is 0.748 e. The standard InChI is InChI=1S/C22H38N.CH4O3S/c1-3-4-5-6-7-9-12-21-13-15-22(16-14-21)17-20-23(2)18-10-8-11-19-23;1-5(2,3)4/h13-16H,3-12,17-20H2,1-2H3;1H3,(H,2,3,4)/q+1;/p-1. The van der Waals surface area contributed by atoms with Crippen LogP contribution in [0.4, 0.5) is 0 Å². The van der Waals surface area contributed by atoms with Gasteiger partial charge < -0.3 is 9.04 Å². The zero-order chi connectivity index (χ0) is 20.9. The summed E-state index contributed by atoms with van der Waals surface area (Å²) in [6.07, 6.45) is 15.8. The first-order valence-corrected chi connectivity index (χ1v) is 12.9. The van der Waals surface area contributed by atoms with Crippen LogP contribution in [-0.4, -0.2) is 50.4 Å². The van der Waals surface area contributed by atoms with Crippen LogP contribution in [-0.2, 0) is 23.0 Å². The average Bonchev–Trinajstić information content (AvgIpc) is 2.63. The first-order chi connectivity index (χ1) is 13.2. The number of piperidine rings is 1. The number of benzene rings is 1. The van der Waals surface area contributed by atoms with Gasteiger partial charge in [0.15, 0.2) is 0 Å². The van der Waals surface area contributed by atoms with E-state index < -0.39 is 10.1 Å². The summed E-state index contributed by atoms with van der Waals surface area (Å²) in [5.41, 5.74) is 3.06. The van der Waals surface area contributed by atoms with E-state index in [0.717, 1.165) is 0 Å². The molecule has 0 saturated carbocycles. The highest BCUT2D eigenvalue weighted by Crippen LogP contribution is 2.18. The molecule has 0 amide bonds. The number of likely N-dealkylation sites (tertiary alicyclic amines) is 1. The van der Waals surface area contributed by atoms with E-state index in [-0.39, 0.29) is 0 Å². The Balaban J connectivity index is 0.000000696. The highest BCUT2D eigenvalue weighted by molar-refractivity contribution is 7.84. The van der Waals surface area contributed by atoms with Crippen molar-refractivity contribution in [3.05, 3.63) is 35.4 Å². The Morgan fingerprint density at radius 2 is 1.32 bits per heavy atom. The average molecular weight is 412 g/mol. The van der Waals surface area contributed by atoms with Gasteiger partial charge in [-0.3, -0.25) is 0 Å². The van der Waals surface area contributed by atoms with Crippen molar-refractivity contribution in [3.63, 3.8) is 0 Å². The quantitative estimate of drug-likeness (QED) is 0.312. The summed E-state index contributed by atoms with van der Waals surface area (Å²) in [6.45, 7) is 6.37. The van der Waals surface area contributed by atoms with Crippen molar-refractivity contribution in [3.8, 4) is 0 Å². The number of quaternary nitrogens is 1. The van der Waals surface area contributed by atoms with Crippen LogP contribution in [0.3, 0.4) is 0 Å². The molecule has 0 atom stereocenters. The minimum atomic E-state index is -3.92. The van der Waals surface area contributed by atoms with Gasteiger partial charge in [-0.2, -0.15) is 0 Å². The molecule has 0 bridgehead atoms. The van der Waals surface area contributed by atoms with E-state index in [2.05, 4.69) is 38.2 Å². The minimum absolute atomic E-state index is 0.604. The lowest BCUT2D eigenvalue weighted by Gasteiger charge is -2.37. The smallest absolute Gasteiger partial charge is 0.0916 e. The van der Waals surface area contributed by atoms with Gasteiger partial charge in [-0.1, -0.05) is 63.3 Å². The van der Waals surface area contributed by atoms with Gasteiger partial charge in [-0.05, 0) is 43.2 Å². The number of aryl methyl sites for hydroxylation is 1. The van der Waals surface area contributed by atoms with Crippen LogP contribution in [0.5, 0.6) is 0 Å². The third-order valence-corrected chi connectivity index (χ3v) is 5.68. The van der Waals surface area contributed by atoms with E-state index >= 15 is 0 Å². The van der Waals surface area contributed by atoms with Crippen molar-refractivity contribution in [2.45, 2.75) is 77.6 Å². The molecule has 2 rings (SSSR count). The van der Waals surface area contributed by atoms with E-state index in [0.29, 0.717) is 6.26 Å². The first-order valence-electron chi connectivity index (χ1n) is 11.0. The van der Waals surface area contributed by atoms with Crippen LogP contribution in [0, 0.1) is 0 Å². The Hall–Kier alpha value is -0.910. The second-order valence-electron chi connectivity index (χ2n) is 8.64. The predicted octanol–water partition coefficient (Wildman–Crippen LogP) is 4.92. The maximum Gasteiger partial charge on any atom is 0.0916 e. The Morgan fingerprint density at radius 3 is 1.86 bits per heavy atom. The van der Waals surface area contributed by atoms with Crippen molar-refractivity contribution < 1.29 is 17.5 Å². The second-order valence-corrected chi connectivity index (χ2v) is 10.0. The van der Waals surface area contributed by atoms with E-state index in [1.807, 2.05) is 0 Å². The SMILES string of the molecule is CCCCCCCCc1ccc(CC[N+]2(C)CCCCC2)cc1.CS(=O)(=O)[O-]. The van der Waals surface area contributed by atoms with Gasteiger partial charge in [0, 0.05) is 12.7 Å². The number of rotatable bonds is 10. The molecule has 28 heavy (non-hydrogen) atoms. The fraction of sp³-hybridized carbons (Fsp3) is 0.739. The summed E-state index contributed by atoms with van der Waals surface area (Å²) in [4.78, 5) is 0. The molecular weight excluding hydrogens is 370 g/mol. The van der Waals surface area contributed by atoms with Crippen LogP contribution in [0.2, 0.25) is 0 Å². The Kier molecular flexibility index (Phi) is 12.0. The molecule has 1 aliphatic rings. The molecule has 1 aromatic rings. The molecule has 162 valence electrons. The van der Waals surface area contributed by atoms with Gasteiger partial charge in [-0.15, -0.1) is 0 Å². The van der Waals surface area contributed by atoms with Gasteiger partial charge in [-0.25, -0.2) is 8.42 Å². The molecule has 0 N–H and O–H groups in total. The van der Waals surface area contributed by atoms with E-state index in [4.69, 9.17) is 13.0 Å². The molecule has 1 saturated heterocycles. The Bertz CT molecular complexity index is 612. The number of likely N-dealkylation sites (N-methyl/N-ethyl adjacent to an activating group) is 1. The molecule has 0 unspecified atom stereocenters. The van der Waals surface area contributed by atoms with Crippen LogP contribution >= 0.6 is 0 Å². The van der Waals surface area contributed by atoms with Crippen molar-refractivity contribution >= 4 is 10.1 Å². The molecule has 0 radical (unpaired) electrons. The van der Waals surface area contributed by atoms with E-state index in [1.54, 1.807) is 0 Å². The lowest BCUT2D eigenvalue weighted by molar-refractivity contribution is -0.913. The van der Waals surface area contributed by atoms with E-state index in [9.17, 15) is 0 Å². The molecule has 5 heteroatoms. The van der Waals surface area contributed by atoms with Crippen molar-refractivity contribution in [2.75, 3.05) is 32.9 Å². The molecular formula is C23H41NO3S. The van der Waals surface area contributed by atoms with Gasteiger partial charge in [0.05, 0.1) is 36.8 Å². The molecule has 0 spiro atoms. The summed E-state index contributed by atoms with van der Waals surface area (Å²) in [5, 5.41) is 0. The molecule has 0 aliphatic carbocycles. The summed E-state index contributed by atoms with van der Waals surface area (Å²) in [5.74, 6) is 0. The summed E-state index contributed by atoms with van der Waals surface area (Å²) >= 11 is 0. The highest BCUT2D eigenvalue weighted by Gasteiger charge is 2.23. The molecule has 1 fully saturated rings. The van der Waals surface area contributed by atoms with Crippen LogP contribution in [0.15, 0.2) is 24.3 Å². The normalized spacial score (nSPS) is 16.3. The van der Waals surface area contributed by atoms with Gasteiger partial charge in [0.1, 0.15) is 0 Å². The summed E-state index contributed by atoms with van der Waals surface area (Å²) < 4.78 is 28.5. The zero-order valence-electron chi connectivity index (χ0n) is 18.3. The van der Waals surface area contributed by atoms with Crippen LogP contribution in [0.1, 0.15) is 75.8 Å². The fourth-order valence-corrected chi connectivity index (χ4v) is 3.88. The number of nitrogens with zero attached hydrogens (tertiary/aromatic N) is 1. The molecule has 4 nitrogen and oxygen atoms in total. The van der Waals surface area contributed by atoms with Gasteiger partial charge in [0.2, 0.25) is 0 Å². The minimum Gasteiger partial charge on any atom is -0.748 e. The molecule has 1 heterocycles. The third-order valence-electron chi connectivity index (χ3n) is 5.68. The third kappa shape index (κ3) is 13.3. The number of unbranched alkanes of at least 4 members (excludes halogenated alkanes) is 5. The lowest BCUT2D eigenvalue weighted by atomic mass is 10.0. The predicted molar refractivity (Wildman–Crippen MR) is 117 cm³/mol. The number of hydrogen-bond donors (Lipinski definition) is 0. The van der Waals surface area contributed by atoms with E-state index in [1.165, 1.54) is 106 Å². The maximum atomic E-state index is 9.08. The van der Waals surface area contributed by atoms with Crippen molar-refractivity contribution in [1.29, 1.82) is 0 Å². The molecule has 1 aromatic carbocycles. The maximum absolute atomic E-state index is 9.08. The van der Waals surface area contributed by atoms with Crippen molar-refractivity contribution in [1.82, 2.24) is 0 Å². The van der Waals surface area contributed by atoms with Crippen molar-refractivity contribution in [2.24, 2.45) is 0 Å². The number of hydrogen-bond acceptors (Lipinski definition) is 3. The topological polar surface area (TPSA) is 57.2 Å². The van der Waals surface area contributed by atoms with Gasteiger partial charge >= 0.3 is 0 Å². The Morgan fingerprint density at radius 1 is 0.857 bits per heavy atom. The zero-order valence-corrected chi connectivity index (χ0v) is 19.1. The fourth-order valence-electron chi connectivity index (χ4n) is 3.88. The second kappa shape index (κ2) is 13.3. The summed E-state index contributed by atoms with van der Waals surface area (Å²) in [7, 11) is -1.47. The first kappa shape index (κ1) is 25.1. The summed E-state index contributed by atoms with van der Waals surface area (Å²) in [6, 6.07) is 9.50. The monoisotopic (exact) mass is 411 g/mol.